The highest BCUT2D eigenvalue weighted by atomic mass is 19.1. The van der Waals surface area contributed by atoms with Gasteiger partial charge in [0.1, 0.15) is 11.9 Å². The van der Waals surface area contributed by atoms with Gasteiger partial charge in [-0.25, -0.2) is 9.37 Å². The summed E-state index contributed by atoms with van der Waals surface area (Å²) < 4.78 is 13.8. The zero-order valence-corrected chi connectivity index (χ0v) is 11.0. The molecule has 1 heterocycles. The topological polar surface area (TPSA) is 33.1 Å². The number of aliphatic hydroxyl groups excluding tert-OH is 1. The first-order valence-corrected chi connectivity index (χ1v) is 6.45. The molecule has 1 N–H and O–H groups in total. The molecule has 2 aromatic carbocycles. The van der Waals surface area contributed by atoms with E-state index in [1.54, 1.807) is 24.3 Å². The average Bonchev–Trinajstić information content (AvgIpc) is 2.47. The number of fused-ring (bicyclic) bond motifs is 1. The molecule has 1 atom stereocenters. The molecule has 0 fully saturated rings. The van der Waals surface area contributed by atoms with Gasteiger partial charge in [-0.15, -0.1) is 0 Å². The van der Waals surface area contributed by atoms with Crippen molar-refractivity contribution in [2.24, 2.45) is 0 Å². The first-order valence-electron chi connectivity index (χ1n) is 6.45. The molecule has 0 aliphatic rings. The molecule has 100 valence electrons. The van der Waals surface area contributed by atoms with E-state index in [4.69, 9.17) is 0 Å². The molecule has 0 saturated carbocycles. The molecule has 0 aliphatic heterocycles. The summed E-state index contributed by atoms with van der Waals surface area (Å²) in [5.41, 5.74) is 2.53. The third-order valence-electron chi connectivity index (χ3n) is 3.42. The van der Waals surface area contributed by atoms with E-state index in [0.29, 0.717) is 5.69 Å². The first-order chi connectivity index (χ1) is 9.66. The summed E-state index contributed by atoms with van der Waals surface area (Å²) >= 11 is 0. The average molecular weight is 267 g/mol. The monoisotopic (exact) mass is 267 g/mol. The highest BCUT2D eigenvalue weighted by Gasteiger charge is 2.17. The van der Waals surface area contributed by atoms with Crippen LogP contribution in [0.25, 0.3) is 10.9 Å². The summed E-state index contributed by atoms with van der Waals surface area (Å²) in [6, 6.07) is 15.7. The number of benzene rings is 2. The molecule has 0 bridgehead atoms. The molecule has 1 aromatic heterocycles. The minimum Gasteiger partial charge on any atom is -0.382 e. The second kappa shape index (κ2) is 5.02. The van der Waals surface area contributed by atoms with Crippen molar-refractivity contribution in [1.29, 1.82) is 0 Å². The number of aliphatic hydroxyl groups is 1. The lowest BCUT2D eigenvalue weighted by atomic mass is 10.0. The van der Waals surface area contributed by atoms with E-state index >= 15 is 0 Å². The number of hydrogen-bond acceptors (Lipinski definition) is 2. The fourth-order valence-electron chi connectivity index (χ4n) is 2.37. The Hall–Kier alpha value is -2.26. The van der Waals surface area contributed by atoms with Crippen molar-refractivity contribution < 1.29 is 9.50 Å². The zero-order valence-electron chi connectivity index (χ0n) is 11.0. The van der Waals surface area contributed by atoms with Gasteiger partial charge in [0, 0.05) is 10.9 Å². The van der Waals surface area contributed by atoms with Gasteiger partial charge in [-0.2, -0.15) is 0 Å². The quantitative estimate of drug-likeness (QED) is 0.766. The van der Waals surface area contributed by atoms with Gasteiger partial charge in [0.15, 0.2) is 0 Å². The van der Waals surface area contributed by atoms with Gasteiger partial charge in [0.05, 0.1) is 11.2 Å². The minimum absolute atomic E-state index is 0.245. The largest absolute Gasteiger partial charge is 0.382 e. The van der Waals surface area contributed by atoms with Crippen molar-refractivity contribution in [1.82, 2.24) is 4.98 Å². The minimum atomic E-state index is -1.06. The highest BCUT2D eigenvalue weighted by Crippen LogP contribution is 2.26. The van der Waals surface area contributed by atoms with Crippen molar-refractivity contribution in [3.8, 4) is 0 Å². The second-order valence-electron chi connectivity index (χ2n) is 4.81. The van der Waals surface area contributed by atoms with Gasteiger partial charge in [0.25, 0.3) is 0 Å². The number of para-hydroxylation sites is 1. The number of aryl methyl sites for hydroxylation is 1. The fraction of sp³-hybridized carbons (Fsp3) is 0.118. The fourth-order valence-corrected chi connectivity index (χ4v) is 2.37. The van der Waals surface area contributed by atoms with Crippen LogP contribution in [-0.2, 0) is 0 Å². The number of hydrogen-bond donors (Lipinski definition) is 1. The summed E-state index contributed by atoms with van der Waals surface area (Å²) in [6.07, 6.45) is -1.06. The Morgan fingerprint density at radius 2 is 1.75 bits per heavy atom. The second-order valence-corrected chi connectivity index (χ2v) is 4.81. The van der Waals surface area contributed by atoms with Crippen LogP contribution in [0.3, 0.4) is 0 Å². The Morgan fingerprint density at radius 3 is 2.55 bits per heavy atom. The Bertz CT molecular complexity index is 770. The van der Waals surface area contributed by atoms with Gasteiger partial charge >= 0.3 is 0 Å². The molecule has 0 radical (unpaired) electrons. The molecule has 0 amide bonds. The van der Waals surface area contributed by atoms with E-state index < -0.39 is 11.9 Å². The molecule has 0 aliphatic carbocycles. The third-order valence-corrected chi connectivity index (χ3v) is 3.42. The molecule has 0 spiro atoms. The maximum absolute atomic E-state index is 13.8. The number of nitrogens with zero attached hydrogens (tertiary/aromatic N) is 1. The Labute approximate surface area is 116 Å². The van der Waals surface area contributed by atoms with E-state index in [-0.39, 0.29) is 5.56 Å². The summed E-state index contributed by atoms with van der Waals surface area (Å²) in [5.74, 6) is -0.424. The van der Waals surface area contributed by atoms with Crippen LogP contribution < -0.4 is 0 Å². The van der Waals surface area contributed by atoms with Gasteiger partial charge < -0.3 is 5.11 Å². The molecule has 1 unspecified atom stereocenters. The molecule has 2 nitrogen and oxygen atoms in total. The van der Waals surface area contributed by atoms with Crippen LogP contribution in [-0.4, -0.2) is 10.1 Å². The van der Waals surface area contributed by atoms with Crippen molar-refractivity contribution in [3.05, 3.63) is 77.2 Å². The normalized spacial score (nSPS) is 12.6. The summed E-state index contributed by atoms with van der Waals surface area (Å²) in [4.78, 5) is 4.44. The van der Waals surface area contributed by atoms with Crippen molar-refractivity contribution >= 4 is 10.9 Å². The lowest BCUT2D eigenvalue weighted by Gasteiger charge is -2.13. The molecule has 3 heteroatoms. The van der Waals surface area contributed by atoms with E-state index in [9.17, 15) is 9.50 Å². The number of pyridine rings is 1. The van der Waals surface area contributed by atoms with Crippen LogP contribution in [0.2, 0.25) is 0 Å². The third kappa shape index (κ3) is 2.17. The molecular formula is C17H14FNO. The van der Waals surface area contributed by atoms with Crippen molar-refractivity contribution in [3.63, 3.8) is 0 Å². The maximum Gasteiger partial charge on any atom is 0.129 e. The van der Waals surface area contributed by atoms with Gasteiger partial charge in [0.2, 0.25) is 0 Å². The maximum atomic E-state index is 13.8. The number of halogens is 1. The molecule has 20 heavy (non-hydrogen) atoms. The summed E-state index contributed by atoms with van der Waals surface area (Å²) in [5, 5.41) is 11.4. The van der Waals surface area contributed by atoms with Crippen LogP contribution in [0.4, 0.5) is 4.39 Å². The van der Waals surface area contributed by atoms with Crippen LogP contribution >= 0.6 is 0 Å². The van der Waals surface area contributed by atoms with Crippen LogP contribution in [0.5, 0.6) is 0 Å². The lowest BCUT2D eigenvalue weighted by Crippen LogP contribution is -2.05. The molecule has 0 saturated heterocycles. The van der Waals surface area contributed by atoms with Gasteiger partial charge in [-0.05, 0) is 30.7 Å². The van der Waals surface area contributed by atoms with Crippen LogP contribution in [0.1, 0.15) is 22.9 Å². The number of rotatable bonds is 2. The summed E-state index contributed by atoms with van der Waals surface area (Å²) in [7, 11) is 0. The van der Waals surface area contributed by atoms with Gasteiger partial charge in [-0.1, -0.05) is 36.4 Å². The van der Waals surface area contributed by atoms with E-state index in [1.165, 1.54) is 6.07 Å². The van der Waals surface area contributed by atoms with Gasteiger partial charge in [-0.3, -0.25) is 0 Å². The zero-order chi connectivity index (χ0) is 14.1. The highest BCUT2D eigenvalue weighted by molar-refractivity contribution is 5.82. The van der Waals surface area contributed by atoms with Crippen molar-refractivity contribution in [2.45, 2.75) is 13.0 Å². The standard InChI is InChI=1S/C17H14FNO/c1-11-10-16(19-15-9-5-3-6-12(11)15)17(20)13-7-2-4-8-14(13)18/h2-10,17,20H,1H3. The van der Waals surface area contributed by atoms with Crippen molar-refractivity contribution in [2.75, 3.05) is 0 Å². The molecular weight excluding hydrogens is 253 g/mol. The Kier molecular flexibility index (Phi) is 3.20. The van der Waals surface area contributed by atoms with Crippen LogP contribution in [0, 0.1) is 12.7 Å². The Morgan fingerprint density at radius 1 is 1.05 bits per heavy atom. The van der Waals surface area contributed by atoms with Crippen LogP contribution in [0.15, 0.2) is 54.6 Å². The van der Waals surface area contributed by atoms with E-state index in [0.717, 1.165) is 16.5 Å². The molecule has 3 aromatic rings. The molecule has 3 rings (SSSR count). The lowest BCUT2D eigenvalue weighted by molar-refractivity contribution is 0.210. The smallest absolute Gasteiger partial charge is 0.129 e. The predicted octanol–water partition coefficient (Wildman–Crippen LogP) is 3.76. The van der Waals surface area contributed by atoms with E-state index in [2.05, 4.69) is 4.98 Å². The first kappa shape index (κ1) is 12.8. The predicted molar refractivity (Wildman–Crippen MR) is 76.9 cm³/mol. The number of aromatic nitrogens is 1. The van der Waals surface area contributed by atoms with E-state index in [1.807, 2.05) is 31.2 Å². The summed E-state index contributed by atoms with van der Waals surface area (Å²) in [6.45, 7) is 1.96. The Balaban J connectivity index is 2.13. The SMILES string of the molecule is Cc1cc(C(O)c2ccccc2F)nc2ccccc12.